The summed E-state index contributed by atoms with van der Waals surface area (Å²) in [6.07, 6.45) is 1.56. The molecular weight excluding hydrogens is 573 g/mol. The Labute approximate surface area is 256 Å². The van der Waals surface area contributed by atoms with E-state index >= 15 is 0 Å². The van der Waals surface area contributed by atoms with Gasteiger partial charge in [0, 0.05) is 32.5 Å². The number of ether oxygens (including phenoxy) is 2. The van der Waals surface area contributed by atoms with Crippen LogP contribution in [0.2, 0.25) is 0 Å². The molecule has 3 unspecified atom stereocenters. The van der Waals surface area contributed by atoms with Crippen molar-refractivity contribution >= 4 is 31.4 Å². The first kappa shape index (κ1) is 30.0. The fourth-order valence-corrected chi connectivity index (χ4v) is 7.02. The summed E-state index contributed by atoms with van der Waals surface area (Å²) in [7, 11) is -0.296. The maximum atomic E-state index is 12.8. The molecule has 43 heavy (non-hydrogen) atoms. The topological polar surface area (TPSA) is 137 Å². The first-order valence-electron chi connectivity index (χ1n) is 15.2. The molecule has 0 aliphatic carbocycles. The Hall–Kier alpha value is -3.08. The molecule has 1 amide bonds. The van der Waals surface area contributed by atoms with Gasteiger partial charge in [-0.3, -0.25) is 9.36 Å². The van der Waals surface area contributed by atoms with E-state index in [1.807, 2.05) is 6.07 Å². The Morgan fingerprint density at radius 2 is 2.09 bits per heavy atom. The molecule has 13 nitrogen and oxygen atoms in total. The fraction of sp³-hybridized carbons (Fsp3) is 0.552. The largest absolute Gasteiger partial charge is 0.400 e. The molecule has 2 aliphatic rings. The quantitative estimate of drug-likeness (QED) is 0.181. The molecule has 4 heterocycles. The van der Waals surface area contributed by atoms with Crippen LogP contribution in [-0.4, -0.2) is 93.4 Å². The normalized spacial score (nSPS) is 24.3. The number of hydrogen-bond acceptors (Lipinski definition) is 10. The van der Waals surface area contributed by atoms with Gasteiger partial charge in [-0.2, -0.15) is 0 Å². The minimum absolute atomic E-state index is 0.0391. The molecular formula is C29H40N7O6P. The van der Waals surface area contributed by atoms with E-state index in [1.165, 1.54) is 13.4 Å². The maximum Gasteiger partial charge on any atom is 0.259 e. The minimum atomic E-state index is -1.59. The van der Waals surface area contributed by atoms with E-state index in [1.54, 1.807) is 35.2 Å². The monoisotopic (exact) mass is 616 g/mol. The number of rotatable bonds is 11. The van der Waals surface area contributed by atoms with E-state index in [2.05, 4.69) is 62.6 Å². The number of carbonyl (C=O) groups excluding carboxylic acids is 1. The number of anilines is 1. The van der Waals surface area contributed by atoms with Gasteiger partial charge >= 0.3 is 0 Å². The lowest BCUT2D eigenvalue weighted by atomic mass is 9.92. The molecule has 14 heteroatoms. The lowest BCUT2D eigenvalue weighted by Crippen LogP contribution is -2.49. The standard InChI is InChI=1S/C28H36N7O5P.CH4O/c1-18(2)35(19(3)4)41(38-15-13-29-6)40-23-22-27(39-28(23,5)12-14-37-22)34-17-32-21-24(30-16-31-25(21)34)33-26(36)20-10-8-7-9-11-20;1-2/h7-11,16-19,22-23,27H,12-15H2,1-5H3,(H,30,31,33,36);2H,1H3/t22?,23?,27-,28+,41?;/m1./s1/i5D;2T. The molecule has 2 N–H and O–H groups in total. The molecule has 2 fully saturated rings. The van der Waals surface area contributed by atoms with Gasteiger partial charge in [-0.15, -0.1) is 0 Å². The third-order valence-corrected chi connectivity index (χ3v) is 9.16. The molecule has 2 aromatic heterocycles. The van der Waals surface area contributed by atoms with Crippen LogP contribution >= 0.6 is 8.53 Å². The van der Waals surface area contributed by atoms with Crippen molar-refractivity contribution in [3.8, 4) is 0 Å². The number of carbonyl (C=O) groups is 1. The highest BCUT2D eigenvalue weighted by Crippen LogP contribution is 2.54. The second-order valence-electron chi connectivity index (χ2n) is 10.6. The van der Waals surface area contributed by atoms with Gasteiger partial charge in [0.25, 0.3) is 14.4 Å². The molecule has 232 valence electrons. The maximum absolute atomic E-state index is 12.8. The molecule has 3 aromatic rings. The van der Waals surface area contributed by atoms with Crippen LogP contribution in [0.5, 0.6) is 0 Å². The summed E-state index contributed by atoms with van der Waals surface area (Å²) in [5, 5.41) is 6.33. The number of amides is 1. The van der Waals surface area contributed by atoms with Gasteiger partial charge < -0.3 is 33.8 Å². The van der Waals surface area contributed by atoms with Gasteiger partial charge in [0.1, 0.15) is 25.1 Å². The van der Waals surface area contributed by atoms with Crippen molar-refractivity contribution in [1.82, 2.24) is 24.2 Å². The summed E-state index contributed by atoms with van der Waals surface area (Å²) < 4.78 is 43.9. The van der Waals surface area contributed by atoms with Crippen molar-refractivity contribution in [1.29, 1.82) is 1.43 Å². The van der Waals surface area contributed by atoms with Crippen molar-refractivity contribution < 1.29 is 29.8 Å². The number of nitrogens with zero attached hydrogens (tertiary/aromatic N) is 6. The van der Waals surface area contributed by atoms with Gasteiger partial charge in [-0.05, 0) is 46.7 Å². The van der Waals surface area contributed by atoms with E-state index in [0.717, 1.165) is 0 Å². The second kappa shape index (κ2) is 14.6. The second-order valence-corrected chi connectivity index (χ2v) is 12.0. The van der Waals surface area contributed by atoms with Crippen molar-refractivity contribution in [3.63, 3.8) is 0 Å². The zero-order chi connectivity index (χ0) is 32.6. The zero-order valence-electron chi connectivity index (χ0n) is 27.0. The van der Waals surface area contributed by atoms with Gasteiger partial charge in [-0.1, -0.05) is 18.2 Å². The molecule has 5 rings (SSSR count). The van der Waals surface area contributed by atoms with Crippen LogP contribution in [0.25, 0.3) is 16.0 Å². The lowest BCUT2D eigenvalue weighted by molar-refractivity contribution is -0.103. The molecule has 5 atom stereocenters. The van der Waals surface area contributed by atoms with Crippen LogP contribution < -0.4 is 5.32 Å². The number of fused-ring (bicyclic) bond motifs is 3. The predicted molar refractivity (Wildman–Crippen MR) is 162 cm³/mol. The molecule has 0 radical (unpaired) electrons. The average Bonchev–Trinajstić information content (AvgIpc) is 3.51. The zero-order valence-corrected chi connectivity index (χ0v) is 25.9. The van der Waals surface area contributed by atoms with Crippen LogP contribution in [0.15, 0.2) is 43.0 Å². The summed E-state index contributed by atoms with van der Waals surface area (Å²) in [5.41, 5.74) is 0.411. The molecule has 2 saturated heterocycles. The third-order valence-electron chi connectivity index (χ3n) is 7.05. The van der Waals surface area contributed by atoms with Gasteiger partial charge in [-0.25, -0.2) is 26.2 Å². The van der Waals surface area contributed by atoms with Crippen molar-refractivity contribution in [2.75, 3.05) is 32.2 Å². The summed E-state index contributed by atoms with van der Waals surface area (Å²) in [6, 6.07) is 9.10. The highest BCUT2D eigenvalue weighted by Gasteiger charge is 2.59. The van der Waals surface area contributed by atoms with Crippen molar-refractivity contribution in [2.45, 2.75) is 77.1 Å². The van der Waals surface area contributed by atoms with E-state index in [9.17, 15) is 4.79 Å². The van der Waals surface area contributed by atoms with E-state index < -0.39 is 32.6 Å². The summed E-state index contributed by atoms with van der Waals surface area (Å²) in [4.78, 5) is 29.5. The van der Waals surface area contributed by atoms with E-state index in [-0.39, 0.29) is 43.9 Å². The first-order chi connectivity index (χ1) is 21.7. The fourth-order valence-electron chi connectivity index (χ4n) is 5.22. The van der Waals surface area contributed by atoms with Gasteiger partial charge in [0.2, 0.25) is 7.98 Å². The van der Waals surface area contributed by atoms with Crippen LogP contribution in [-0.2, 0) is 18.5 Å². The Bertz CT molecular complexity index is 1440. The minimum Gasteiger partial charge on any atom is -0.400 e. The number of aliphatic hydroxyl groups excluding tert-OH is 1. The van der Waals surface area contributed by atoms with Crippen LogP contribution in [0.4, 0.5) is 5.82 Å². The Kier molecular flexibility index (Phi) is 10.2. The summed E-state index contributed by atoms with van der Waals surface area (Å²) in [6.45, 7) is 16.3. The lowest BCUT2D eigenvalue weighted by Gasteiger charge is -2.41. The Morgan fingerprint density at radius 3 is 2.77 bits per heavy atom. The first-order valence-corrected chi connectivity index (χ1v) is 15.2. The van der Waals surface area contributed by atoms with Crippen molar-refractivity contribution in [3.05, 3.63) is 60.0 Å². The number of nitrogens with one attached hydrogen (secondary N) is 1. The van der Waals surface area contributed by atoms with Crippen molar-refractivity contribution in [2.24, 2.45) is 0 Å². The molecule has 0 saturated carbocycles. The molecule has 2 aliphatic heterocycles. The van der Waals surface area contributed by atoms with Crippen LogP contribution in [0.3, 0.4) is 0 Å². The highest BCUT2D eigenvalue weighted by atomic mass is 31.2. The van der Waals surface area contributed by atoms with E-state index in [4.69, 9.17) is 27.9 Å². The number of imidazole rings is 1. The Morgan fingerprint density at radius 1 is 1.35 bits per heavy atom. The third kappa shape index (κ3) is 7.02. The van der Waals surface area contributed by atoms with Gasteiger partial charge in [0.05, 0.1) is 18.5 Å². The molecule has 2 bridgehead atoms. The van der Waals surface area contributed by atoms with Gasteiger partial charge in [0.15, 0.2) is 23.2 Å². The van der Waals surface area contributed by atoms with Crippen LogP contribution in [0, 0.1) is 6.57 Å². The van der Waals surface area contributed by atoms with E-state index in [0.29, 0.717) is 29.8 Å². The predicted octanol–water partition coefficient (Wildman–Crippen LogP) is 4.43. The number of hydrogen-bond donors (Lipinski definition) is 2. The number of aliphatic hydroxyl groups is 1. The average molecular weight is 617 g/mol. The SMILES string of the molecule is [2H]C[C@]12CCOC(C1OP(OCC[N+]#[C-])N(C(C)C)C(C)C)[C@H](n1cnc3c(NC(=O)c4ccccc4)ncnc31)O2.[3H]OC. The number of aromatic nitrogens is 4. The molecule has 1 aromatic carbocycles. The Balaban J connectivity index is 0.00000148. The summed E-state index contributed by atoms with van der Waals surface area (Å²) >= 11 is 0. The highest BCUT2D eigenvalue weighted by molar-refractivity contribution is 7.44. The summed E-state index contributed by atoms with van der Waals surface area (Å²) in [5.74, 6) is -0.0340. The smallest absolute Gasteiger partial charge is 0.259 e. The molecule has 0 spiro atoms. The number of benzene rings is 1. The van der Waals surface area contributed by atoms with Crippen LogP contribution in [0.1, 0.15) is 59.0 Å².